The molecule has 2 aliphatic rings. The number of nitrogen functional groups attached to an aromatic ring is 1. The van der Waals surface area contributed by atoms with Crippen molar-refractivity contribution in [2.75, 3.05) is 18.1 Å². The van der Waals surface area contributed by atoms with Crippen LogP contribution < -0.4 is 5.73 Å². The Bertz CT molecular complexity index is 828. The van der Waals surface area contributed by atoms with Gasteiger partial charge in [0.1, 0.15) is 6.10 Å². The molecule has 27 heavy (non-hydrogen) atoms. The molecule has 148 valence electrons. The van der Waals surface area contributed by atoms with Gasteiger partial charge in [0.2, 0.25) is 0 Å². The Hall–Kier alpha value is -1.49. The number of nitrogens with zero attached hydrogens (tertiary/aromatic N) is 5. The maximum absolute atomic E-state index is 9.79. The highest BCUT2D eigenvalue weighted by atomic mass is 32.2. The number of thioether (sulfide) groups is 1. The molecule has 2 aromatic heterocycles. The predicted molar refractivity (Wildman–Crippen MR) is 101 cm³/mol. The number of fused-ring (bicyclic) bond motifs is 2. The van der Waals surface area contributed by atoms with E-state index in [0.29, 0.717) is 28.6 Å². The average Bonchev–Trinajstić information content (AvgIpc) is 3.26. The van der Waals surface area contributed by atoms with Crippen molar-refractivity contribution in [3.63, 3.8) is 0 Å². The van der Waals surface area contributed by atoms with Crippen molar-refractivity contribution in [2.24, 2.45) is 5.92 Å². The van der Waals surface area contributed by atoms with Gasteiger partial charge in [0.25, 0.3) is 0 Å². The first-order valence-corrected chi connectivity index (χ1v) is 10.4. The molecule has 4 atom stereocenters. The average molecular weight is 395 g/mol. The molecule has 4 rings (SSSR count). The van der Waals surface area contributed by atoms with Crippen LogP contribution in [0.2, 0.25) is 0 Å². The lowest BCUT2D eigenvalue weighted by atomic mass is 10.1. The fraction of sp³-hybridized carbons (Fsp3) is 0.765. The van der Waals surface area contributed by atoms with Crippen molar-refractivity contribution in [1.82, 2.24) is 25.0 Å². The summed E-state index contributed by atoms with van der Waals surface area (Å²) in [5, 5.41) is 18.9. The number of anilines is 1. The molecule has 9 nitrogen and oxygen atoms in total. The van der Waals surface area contributed by atoms with Crippen LogP contribution in [0.5, 0.6) is 0 Å². The van der Waals surface area contributed by atoms with Crippen LogP contribution in [0.1, 0.15) is 46.1 Å². The minimum absolute atomic E-state index is 0.0152. The number of aromatic nitrogens is 5. The quantitative estimate of drug-likeness (QED) is 0.429. The van der Waals surface area contributed by atoms with Gasteiger partial charge in [-0.05, 0) is 26.7 Å². The zero-order valence-electron chi connectivity index (χ0n) is 15.8. The molecule has 10 heteroatoms. The smallest absolute Gasteiger partial charge is 0.191 e. The van der Waals surface area contributed by atoms with E-state index in [-0.39, 0.29) is 30.8 Å². The topological polar surface area (TPSA) is 121 Å². The Labute approximate surface area is 162 Å². The predicted octanol–water partition coefficient (Wildman–Crippen LogP) is 1.77. The van der Waals surface area contributed by atoms with Crippen molar-refractivity contribution >= 4 is 28.7 Å². The van der Waals surface area contributed by atoms with E-state index < -0.39 is 5.79 Å². The van der Waals surface area contributed by atoms with E-state index in [1.807, 2.05) is 13.8 Å². The van der Waals surface area contributed by atoms with Crippen LogP contribution in [0.15, 0.2) is 5.16 Å². The van der Waals surface area contributed by atoms with Crippen LogP contribution in [0.3, 0.4) is 0 Å². The normalized spacial score (nSPS) is 29.5. The number of hydrogen-bond acceptors (Lipinski definition) is 9. The van der Waals surface area contributed by atoms with E-state index in [4.69, 9.17) is 15.2 Å². The Balaban J connectivity index is 1.69. The lowest BCUT2D eigenvalue weighted by molar-refractivity contribution is -0.162. The molecule has 2 aromatic rings. The third-order valence-corrected chi connectivity index (χ3v) is 6.09. The Kier molecular flexibility index (Phi) is 5.00. The fourth-order valence-electron chi connectivity index (χ4n) is 3.90. The van der Waals surface area contributed by atoms with E-state index in [1.54, 1.807) is 16.4 Å². The summed E-state index contributed by atoms with van der Waals surface area (Å²) in [4.78, 5) is 9.02. The highest BCUT2D eigenvalue weighted by Crippen LogP contribution is 2.47. The summed E-state index contributed by atoms with van der Waals surface area (Å²) in [5.41, 5.74) is 7.21. The maximum Gasteiger partial charge on any atom is 0.191 e. The largest absolute Gasteiger partial charge is 0.396 e. The van der Waals surface area contributed by atoms with E-state index >= 15 is 0 Å². The van der Waals surface area contributed by atoms with Gasteiger partial charge in [0.05, 0.1) is 12.1 Å². The molecule has 1 aliphatic heterocycles. The molecule has 1 aliphatic carbocycles. The first-order valence-electron chi connectivity index (χ1n) is 9.41. The van der Waals surface area contributed by atoms with Gasteiger partial charge in [-0.25, -0.2) is 14.6 Å². The van der Waals surface area contributed by atoms with Crippen LogP contribution in [0.25, 0.3) is 11.2 Å². The van der Waals surface area contributed by atoms with Crippen LogP contribution in [-0.2, 0) is 9.47 Å². The van der Waals surface area contributed by atoms with Crippen LogP contribution >= 0.6 is 11.8 Å². The summed E-state index contributed by atoms with van der Waals surface area (Å²) in [6.07, 6.45) is 2.50. The molecule has 0 spiro atoms. The minimum atomic E-state index is -0.688. The lowest BCUT2D eigenvalue weighted by Crippen LogP contribution is -2.28. The van der Waals surface area contributed by atoms with Crippen molar-refractivity contribution in [2.45, 2.75) is 69.2 Å². The number of aliphatic hydroxyl groups excluding tert-OH is 1. The SMILES string of the molecule is CCCCSc1nc(N)c2nnn(C3CC(CO)C4OC(C)(C)OC43)c2n1. The summed E-state index contributed by atoms with van der Waals surface area (Å²) in [6.45, 7) is 5.97. The van der Waals surface area contributed by atoms with E-state index in [0.717, 1.165) is 18.6 Å². The molecular formula is C17H26N6O3S. The first kappa shape index (κ1) is 18.9. The van der Waals surface area contributed by atoms with Crippen LogP contribution in [0, 0.1) is 5.92 Å². The molecule has 0 radical (unpaired) electrons. The third-order valence-electron chi connectivity index (χ3n) is 5.16. The second-order valence-electron chi connectivity index (χ2n) is 7.61. The lowest BCUT2D eigenvalue weighted by Gasteiger charge is -2.23. The van der Waals surface area contributed by atoms with Gasteiger partial charge in [0.15, 0.2) is 27.9 Å². The Morgan fingerprint density at radius 3 is 2.81 bits per heavy atom. The molecular weight excluding hydrogens is 368 g/mol. The van der Waals surface area contributed by atoms with E-state index in [1.165, 1.54) is 0 Å². The van der Waals surface area contributed by atoms with Crippen molar-refractivity contribution in [3.8, 4) is 0 Å². The summed E-state index contributed by atoms with van der Waals surface area (Å²) < 4.78 is 13.9. The van der Waals surface area contributed by atoms with Crippen LogP contribution in [-0.4, -0.2) is 60.4 Å². The second kappa shape index (κ2) is 7.16. The molecule has 4 unspecified atom stereocenters. The molecule has 2 fully saturated rings. The first-order chi connectivity index (χ1) is 12.9. The fourth-order valence-corrected chi connectivity index (χ4v) is 4.83. The summed E-state index contributed by atoms with van der Waals surface area (Å²) in [7, 11) is 0. The summed E-state index contributed by atoms with van der Waals surface area (Å²) >= 11 is 1.59. The highest BCUT2D eigenvalue weighted by Gasteiger charge is 2.55. The van der Waals surface area contributed by atoms with Crippen molar-refractivity contribution in [1.29, 1.82) is 0 Å². The molecule has 3 N–H and O–H groups in total. The Morgan fingerprint density at radius 2 is 2.07 bits per heavy atom. The number of ether oxygens (including phenoxy) is 2. The van der Waals surface area contributed by atoms with Gasteiger partial charge in [-0.15, -0.1) is 5.10 Å². The molecule has 0 aromatic carbocycles. The monoisotopic (exact) mass is 394 g/mol. The van der Waals surface area contributed by atoms with Gasteiger partial charge >= 0.3 is 0 Å². The number of nitrogens with two attached hydrogens (primary N) is 1. The molecule has 1 saturated heterocycles. The minimum Gasteiger partial charge on any atom is -0.396 e. The highest BCUT2D eigenvalue weighted by molar-refractivity contribution is 7.99. The third kappa shape index (κ3) is 3.39. The second-order valence-corrected chi connectivity index (χ2v) is 8.67. The number of aliphatic hydroxyl groups is 1. The van der Waals surface area contributed by atoms with Gasteiger partial charge in [-0.3, -0.25) is 0 Å². The van der Waals surface area contributed by atoms with Gasteiger partial charge in [0, 0.05) is 18.3 Å². The van der Waals surface area contributed by atoms with E-state index in [2.05, 4.69) is 27.2 Å². The molecule has 3 heterocycles. The van der Waals surface area contributed by atoms with E-state index in [9.17, 15) is 5.11 Å². The maximum atomic E-state index is 9.79. The van der Waals surface area contributed by atoms with Crippen molar-refractivity contribution in [3.05, 3.63) is 0 Å². The summed E-state index contributed by atoms with van der Waals surface area (Å²) in [6, 6.07) is -0.123. The zero-order valence-corrected chi connectivity index (χ0v) is 16.6. The van der Waals surface area contributed by atoms with Crippen LogP contribution in [0.4, 0.5) is 5.82 Å². The zero-order chi connectivity index (χ0) is 19.2. The van der Waals surface area contributed by atoms with Crippen molar-refractivity contribution < 1.29 is 14.6 Å². The van der Waals surface area contributed by atoms with Gasteiger partial charge in [-0.2, -0.15) is 0 Å². The van der Waals surface area contributed by atoms with Gasteiger partial charge < -0.3 is 20.3 Å². The summed E-state index contributed by atoms with van der Waals surface area (Å²) in [5.74, 6) is 0.572. The van der Waals surface area contributed by atoms with Gasteiger partial charge in [-0.1, -0.05) is 30.3 Å². The number of unbranched alkanes of at least 4 members (excludes halogenated alkanes) is 1. The standard InChI is InChI=1S/C17H26N6O3S/c1-4-5-6-27-16-19-14(18)11-15(20-16)23(22-21-11)10-7-9(8-24)12-13(10)26-17(2,3)25-12/h9-10,12-13,24H,4-8H2,1-3H3,(H2,18,19,20). The Morgan fingerprint density at radius 1 is 1.30 bits per heavy atom. The number of rotatable bonds is 6. The molecule has 1 saturated carbocycles. The molecule has 0 bridgehead atoms. The number of hydrogen-bond donors (Lipinski definition) is 2. The molecule has 0 amide bonds.